The van der Waals surface area contributed by atoms with Crippen LogP contribution in [-0.4, -0.2) is 31.0 Å². The van der Waals surface area contributed by atoms with Crippen LogP contribution in [0.25, 0.3) is 0 Å². The maximum absolute atomic E-state index is 5.46. The molecule has 3 N–H and O–H groups in total. The van der Waals surface area contributed by atoms with Crippen molar-refractivity contribution in [2.45, 2.75) is 19.8 Å². The molecule has 0 spiro atoms. The van der Waals surface area contributed by atoms with Crippen LogP contribution in [0, 0.1) is 0 Å². The van der Waals surface area contributed by atoms with Crippen molar-refractivity contribution in [1.29, 1.82) is 0 Å². The number of hydrogen-bond donors (Lipinski definition) is 2. The molecule has 4 nitrogen and oxygen atoms in total. The fourth-order valence-corrected chi connectivity index (χ4v) is 1.54. The molecule has 17 heavy (non-hydrogen) atoms. The number of rotatable bonds is 5. The van der Waals surface area contributed by atoms with E-state index in [1.165, 1.54) is 5.56 Å². The van der Waals surface area contributed by atoms with E-state index >= 15 is 0 Å². The van der Waals surface area contributed by atoms with Crippen molar-refractivity contribution in [3.05, 3.63) is 35.9 Å². The van der Waals surface area contributed by atoms with Gasteiger partial charge in [-0.2, -0.15) is 0 Å². The summed E-state index contributed by atoms with van der Waals surface area (Å²) in [5.41, 5.74) is 3.97. The van der Waals surface area contributed by atoms with Crippen molar-refractivity contribution in [2.75, 3.05) is 20.1 Å². The van der Waals surface area contributed by atoms with E-state index in [0.29, 0.717) is 0 Å². The fourth-order valence-electron chi connectivity index (χ4n) is 1.54. The second kappa shape index (κ2) is 7.68. The van der Waals surface area contributed by atoms with Crippen molar-refractivity contribution in [1.82, 2.24) is 10.3 Å². The van der Waals surface area contributed by atoms with Crippen molar-refractivity contribution < 1.29 is 0 Å². The summed E-state index contributed by atoms with van der Waals surface area (Å²) in [5, 5.41) is 0. The highest BCUT2D eigenvalue weighted by Gasteiger charge is 2.04. The van der Waals surface area contributed by atoms with Gasteiger partial charge in [-0.3, -0.25) is 10.4 Å². The number of aliphatic imine (C=N–C) groups is 1. The average molecular weight is 234 g/mol. The predicted octanol–water partition coefficient (Wildman–Crippen LogP) is 1.39. The van der Waals surface area contributed by atoms with E-state index in [9.17, 15) is 0 Å². The van der Waals surface area contributed by atoms with Crippen LogP contribution in [0.5, 0.6) is 0 Å². The van der Waals surface area contributed by atoms with E-state index in [1.54, 1.807) is 0 Å². The largest absolute Gasteiger partial charge is 0.345 e. The Kier molecular flexibility index (Phi) is 6.10. The minimum absolute atomic E-state index is 0.753. The van der Waals surface area contributed by atoms with Gasteiger partial charge >= 0.3 is 0 Å². The third-order valence-corrected chi connectivity index (χ3v) is 2.55. The number of benzene rings is 1. The van der Waals surface area contributed by atoms with Crippen LogP contribution >= 0.6 is 0 Å². The van der Waals surface area contributed by atoms with Crippen molar-refractivity contribution >= 4 is 5.96 Å². The van der Waals surface area contributed by atoms with Gasteiger partial charge in [0.25, 0.3) is 0 Å². The van der Waals surface area contributed by atoms with Gasteiger partial charge in [-0.05, 0) is 18.4 Å². The Balaban J connectivity index is 2.45. The summed E-state index contributed by atoms with van der Waals surface area (Å²) in [4.78, 5) is 6.42. The maximum atomic E-state index is 5.46. The van der Waals surface area contributed by atoms with E-state index in [1.807, 2.05) is 18.0 Å². The normalized spacial score (nSPS) is 11.4. The Morgan fingerprint density at radius 2 is 2.06 bits per heavy atom. The minimum Gasteiger partial charge on any atom is -0.345 e. The van der Waals surface area contributed by atoms with Crippen molar-refractivity contribution in [3.8, 4) is 0 Å². The molecule has 0 atom stereocenters. The van der Waals surface area contributed by atoms with Crippen LogP contribution < -0.4 is 11.3 Å². The van der Waals surface area contributed by atoms with Crippen LogP contribution in [0.15, 0.2) is 35.3 Å². The van der Waals surface area contributed by atoms with Gasteiger partial charge in [0.15, 0.2) is 0 Å². The van der Waals surface area contributed by atoms with Gasteiger partial charge in [-0.25, -0.2) is 5.84 Å². The lowest BCUT2D eigenvalue weighted by molar-refractivity contribution is 0.485. The molecule has 94 valence electrons. The van der Waals surface area contributed by atoms with E-state index in [0.717, 1.165) is 31.9 Å². The average Bonchev–Trinajstić information content (AvgIpc) is 2.38. The number of hydrogen-bond acceptors (Lipinski definition) is 2. The van der Waals surface area contributed by atoms with Gasteiger partial charge in [0, 0.05) is 20.1 Å². The molecule has 0 aliphatic rings. The fraction of sp³-hybridized carbons (Fsp3) is 0.462. The molecule has 1 aromatic carbocycles. The number of hydrazine groups is 1. The lowest BCUT2D eigenvalue weighted by Gasteiger charge is -2.20. The zero-order valence-electron chi connectivity index (χ0n) is 10.7. The number of nitrogens with zero attached hydrogens (tertiary/aromatic N) is 2. The highest BCUT2D eigenvalue weighted by molar-refractivity contribution is 5.79. The van der Waals surface area contributed by atoms with Gasteiger partial charge in [-0.1, -0.05) is 37.3 Å². The first-order valence-electron chi connectivity index (χ1n) is 6.04. The Morgan fingerprint density at radius 1 is 1.35 bits per heavy atom. The third-order valence-electron chi connectivity index (χ3n) is 2.55. The molecule has 0 fully saturated rings. The molecule has 0 saturated carbocycles. The smallest absolute Gasteiger partial charge is 0.208 e. The second-order valence-electron chi connectivity index (χ2n) is 4.01. The van der Waals surface area contributed by atoms with Gasteiger partial charge in [-0.15, -0.1) is 0 Å². The predicted molar refractivity (Wildman–Crippen MR) is 72.7 cm³/mol. The molecule has 0 heterocycles. The topological polar surface area (TPSA) is 53.6 Å². The zero-order valence-corrected chi connectivity index (χ0v) is 10.7. The molecule has 0 aromatic heterocycles. The molecular weight excluding hydrogens is 212 g/mol. The number of guanidine groups is 1. The van der Waals surface area contributed by atoms with Crippen molar-refractivity contribution in [2.24, 2.45) is 10.8 Å². The van der Waals surface area contributed by atoms with Gasteiger partial charge in [0.05, 0.1) is 0 Å². The first-order chi connectivity index (χ1) is 8.27. The zero-order chi connectivity index (χ0) is 12.5. The molecule has 1 aromatic rings. The molecule has 0 amide bonds. The third kappa shape index (κ3) is 4.87. The summed E-state index contributed by atoms with van der Waals surface area (Å²) in [6.07, 6.45) is 2.02. The number of nitrogens with one attached hydrogen (secondary N) is 1. The van der Waals surface area contributed by atoms with Gasteiger partial charge < -0.3 is 4.90 Å². The molecule has 0 unspecified atom stereocenters. The molecule has 0 aliphatic carbocycles. The first-order valence-corrected chi connectivity index (χ1v) is 6.04. The summed E-state index contributed by atoms with van der Waals surface area (Å²) in [6, 6.07) is 10.4. The van der Waals surface area contributed by atoms with Gasteiger partial charge in [0.1, 0.15) is 0 Å². The van der Waals surface area contributed by atoms with Gasteiger partial charge in [0.2, 0.25) is 5.96 Å². The summed E-state index contributed by atoms with van der Waals surface area (Å²) >= 11 is 0. The Hall–Kier alpha value is -1.55. The summed E-state index contributed by atoms with van der Waals surface area (Å²) in [7, 11) is 2.00. The molecule has 1 rings (SSSR count). The van der Waals surface area contributed by atoms with Crippen LogP contribution in [0.3, 0.4) is 0 Å². The monoisotopic (exact) mass is 234 g/mol. The van der Waals surface area contributed by atoms with Crippen LogP contribution in [0.2, 0.25) is 0 Å². The minimum atomic E-state index is 0.753. The number of nitrogens with two attached hydrogens (primary N) is 1. The Labute approximate surface area is 104 Å². The standard InChI is InChI=1S/C13H22N4/c1-3-10-15-13(16-14)17(2)11-9-12-7-5-4-6-8-12/h4-8H,3,9-11,14H2,1-2H3,(H,15,16). The SMILES string of the molecule is CCCN=C(NN)N(C)CCc1ccccc1. The molecule has 0 bridgehead atoms. The Bertz CT molecular complexity index is 335. The highest BCUT2D eigenvalue weighted by atomic mass is 15.4. The highest BCUT2D eigenvalue weighted by Crippen LogP contribution is 2.00. The molecule has 4 heteroatoms. The summed E-state index contributed by atoms with van der Waals surface area (Å²) < 4.78 is 0. The quantitative estimate of drug-likeness (QED) is 0.350. The summed E-state index contributed by atoms with van der Waals surface area (Å²) in [6.45, 7) is 3.80. The first kappa shape index (κ1) is 13.5. The van der Waals surface area contributed by atoms with E-state index in [-0.39, 0.29) is 0 Å². The van der Waals surface area contributed by atoms with Crippen LogP contribution in [0.1, 0.15) is 18.9 Å². The van der Waals surface area contributed by atoms with E-state index in [2.05, 4.69) is 41.6 Å². The lowest BCUT2D eigenvalue weighted by atomic mass is 10.1. The van der Waals surface area contributed by atoms with Crippen LogP contribution in [-0.2, 0) is 6.42 Å². The molecule has 0 radical (unpaired) electrons. The van der Waals surface area contributed by atoms with E-state index in [4.69, 9.17) is 5.84 Å². The molecular formula is C13H22N4. The summed E-state index contributed by atoms with van der Waals surface area (Å²) in [5.74, 6) is 6.21. The van der Waals surface area contributed by atoms with E-state index < -0.39 is 0 Å². The Morgan fingerprint density at radius 3 is 2.65 bits per heavy atom. The van der Waals surface area contributed by atoms with Crippen LogP contribution in [0.4, 0.5) is 0 Å². The lowest BCUT2D eigenvalue weighted by Crippen LogP contribution is -2.43. The maximum Gasteiger partial charge on any atom is 0.208 e. The molecule has 0 saturated heterocycles. The number of likely N-dealkylation sites (N-methyl/N-ethyl adjacent to an activating group) is 1. The van der Waals surface area contributed by atoms with Crippen molar-refractivity contribution in [3.63, 3.8) is 0 Å². The molecule has 0 aliphatic heterocycles. The second-order valence-corrected chi connectivity index (χ2v) is 4.01.